The Kier molecular flexibility index (Phi) is 7.35. The molecule has 3 rings (SSSR count). The average molecular weight is 365 g/mol. The molecule has 2 aliphatic heterocycles. The molecule has 2 heterocycles. The predicted octanol–water partition coefficient (Wildman–Crippen LogP) is 3.37. The molecule has 0 radical (unpaired) electrons. The third kappa shape index (κ3) is 5.45. The molecular weight excluding hydrogens is 328 g/mol. The van der Waals surface area contributed by atoms with Crippen LogP contribution in [0.1, 0.15) is 77.6 Å². The summed E-state index contributed by atoms with van der Waals surface area (Å²) < 4.78 is 6.30. The zero-order valence-electron chi connectivity index (χ0n) is 16.5. The summed E-state index contributed by atoms with van der Waals surface area (Å²) in [7, 11) is 0. The van der Waals surface area contributed by atoms with E-state index in [9.17, 15) is 9.59 Å². The van der Waals surface area contributed by atoms with Crippen LogP contribution < -0.4 is 0 Å². The summed E-state index contributed by atoms with van der Waals surface area (Å²) in [5.74, 6) is 1.25. The number of hydrogen-bond donors (Lipinski definition) is 0. The van der Waals surface area contributed by atoms with Crippen LogP contribution in [0.25, 0.3) is 0 Å². The van der Waals surface area contributed by atoms with Crippen LogP contribution in [0, 0.1) is 5.92 Å². The number of amides is 2. The van der Waals surface area contributed by atoms with Gasteiger partial charge in [-0.1, -0.05) is 26.2 Å². The van der Waals surface area contributed by atoms with Crippen LogP contribution in [-0.2, 0) is 14.3 Å². The maximum atomic E-state index is 12.5. The number of carbonyl (C=O) groups excluding carboxylic acids is 2. The van der Waals surface area contributed by atoms with Crippen LogP contribution >= 0.6 is 0 Å². The Bertz CT molecular complexity index is 460. The standard InChI is InChI=1S/C21H36N2O3/c1-2-20(24)22-12-8-18(9-13-22)26-19-10-14-23(15-11-19)21(25)16-17-6-4-3-5-7-17/h17-19H,2-16H2,1H3. The number of rotatable bonds is 5. The van der Waals surface area contributed by atoms with Gasteiger partial charge < -0.3 is 14.5 Å². The van der Waals surface area contributed by atoms with E-state index in [1.165, 1.54) is 32.1 Å². The average Bonchev–Trinajstić information content (AvgIpc) is 2.69. The molecule has 0 unspecified atom stereocenters. The van der Waals surface area contributed by atoms with E-state index in [2.05, 4.69) is 4.90 Å². The van der Waals surface area contributed by atoms with E-state index in [1.807, 2.05) is 11.8 Å². The van der Waals surface area contributed by atoms with Gasteiger partial charge in [0, 0.05) is 39.0 Å². The Hall–Kier alpha value is -1.10. The smallest absolute Gasteiger partial charge is 0.222 e. The fourth-order valence-electron chi connectivity index (χ4n) is 4.75. The van der Waals surface area contributed by atoms with Gasteiger partial charge in [-0.05, 0) is 44.4 Å². The first-order valence-electron chi connectivity index (χ1n) is 10.9. The molecule has 0 aromatic heterocycles. The maximum absolute atomic E-state index is 12.5. The van der Waals surface area contributed by atoms with Gasteiger partial charge in [0.15, 0.2) is 0 Å². The van der Waals surface area contributed by atoms with E-state index >= 15 is 0 Å². The molecule has 0 aromatic rings. The second-order valence-corrected chi connectivity index (χ2v) is 8.36. The lowest BCUT2D eigenvalue weighted by Gasteiger charge is -2.37. The number of piperidine rings is 2. The molecule has 1 saturated carbocycles. The zero-order valence-corrected chi connectivity index (χ0v) is 16.5. The number of carbonyl (C=O) groups is 2. The lowest BCUT2D eigenvalue weighted by molar-refractivity contribution is -0.137. The molecule has 1 aliphatic carbocycles. The van der Waals surface area contributed by atoms with Crippen LogP contribution in [-0.4, -0.2) is 60.0 Å². The molecule has 5 nitrogen and oxygen atoms in total. The van der Waals surface area contributed by atoms with E-state index in [1.54, 1.807) is 0 Å². The van der Waals surface area contributed by atoms with Crippen molar-refractivity contribution in [3.8, 4) is 0 Å². The Balaban J connectivity index is 1.33. The van der Waals surface area contributed by atoms with Crippen LogP contribution in [0.15, 0.2) is 0 Å². The van der Waals surface area contributed by atoms with E-state index in [-0.39, 0.29) is 18.1 Å². The van der Waals surface area contributed by atoms with Crippen molar-refractivity contribution < 1.29 is 14.3 Å². The summed E-state index contributed by atoms with van der Waals surface area (Å²) in [5, 5.41) is 0. The van der Waals surface area contributed by atoms with Crippen molar-refractivity contribution in [2.24, 2.45) is 5.92 Å². The second-order valence-electron chi connectivity index (χ2n) is 8.36. The fourth-order valence-corrected chi connectivity index (χ4v) is 4.75. The van der Waals surface area contributed by atoms with Gasteiger partial charge in [-0.3, -0.25) is 9.59 Å². The van der Waals surface area contributed by atoms with Crippen molar-refractivity contribution in [2.75, 3.05) is 26.2 Å². The molecule has 26 heavy (non-hydrogen) atoms. The molecule has 5 heteroatoms. The summed E-state index contributed by atoms with van der Waals surface area (Å²) in [6.45, 7) is 5.28. The van der Waals surface area contributed by atoms with Gasteiger partial charge in [0.1, 0.15) is 0 Å². The molecule has 3 fully saturated rings. The van der Waals surface area contributed by atoms with Crippen LogP contribution in [0.3, 0.4) is 0 Å². The third-order valence-corrected chi connectivity index (χ3v) is 6.46. The quantitative estimate of drug-likeness (QED) is 0.751. The molecule has 0 aromatic carbocycles. The van der Waals surface area contributed by atoms with Crippen molar-refractivity contribution in [2.45, 2.75) is 89.8 Å². The van der Waals surface area contributed by atoms with E-state index in [4.69, 9.17) is 4.74 Å². The predicted molar refractivity (Wildman–Crippen MR) is 102 cm³/mol. The highest BCUT2D eigenvalue weighted by molar-refractivity contribution is 5.76. The summed E-state index contributed by atoms with van der Waals surface area (Å²) in [4.78, 5) is 28.3. The number of ether oxygens (including phenoxy) is 1. The van der Waals surface area contributed by atoms with Crippen LogP contribution in [0.4, 0.5) is 0 Å². The topological polar surface area (TPSA) is 49.9 Å². The van der Waals surface area contributed by atoms with Gasteiger partial charge in [-0.15, -0.1) is 0 Å². The third-order valence-electron chi connectivity index (χ3n) is 6.46. The fraction of sp³-hybridized carbons (Fsp3) is 0.905. The van der Waals surface area contributed by atoms with Gasteiger partial charge in [-0.2, -0.15) is 0 Å². The monoisotopic (exact) mass is 364 g/mol. The Labute approximate surface area is 158 Å². The lowest BCUT2D eigenvalue weighted by Crippen LogP contribution is -2.45. The number of nitrogens with zero attached hydrogens (tertiary/aromatic N) is 2. The molecule has 0 bridgehead atoms. The lowest BCUT2D eigenvalue weighted by atomic mass is 9.86. The highest BCUT2D eigenvalue weighted by Gasteiger charge is 2.29. The van der Waals surface area contributed by atoms with Gasteiger partial charge in [0.2, 0.25) is 11.8 Å². The molecule has 0 N–H and O–H groups in total. The molecule has 148 valence electrons. The summed E-state index contributed by atoms with van der Waals surface area (Å²) in [5.41, 5.74) is 0. The van der Waals surface area contributed by atoms with Crippen molar-refractivity contribution in [3.05, 3.63) is 0 Å². The largest absolute Gasteiger partial charge is 0.375 e. The minimum absolute atomic E-state index is 0.258. The maximum Gasteiger partial charge on any atom is 0.222 e. The summed E-state index contributed by atoms with van der Waals surface area (Å²) >= 11 is 0. The van der Waals surface area contributed by atoms with Crippen molar-refractivity contribution in [3.63, 3.8) is 0 Å². The van der Waals surface area contributed by atoms with Crippen molar-refractivity contribution in [1.82, 2.24) is 9.80 Å². The zero-order chi connectivity index (χ0) is 18.4. The Morgan fingerprint density at radius 2 is 1.27 bits per heavy atom. The molecule has 2 saturated heterocycles. The minimum Gasteiger partial charge on any atom is -0.375 e. The Morgan fingerprint density at radius 1 is 0.769 bits per heavy atom. The first kappa shape index (κ1) is 19.7. The molecule has 0 spiro atoms. The van der Waals surface area contributed by atoms with Gasteiger partial charge >= 0.3 is 0 Å². The first-order chi connectivity index (χ1) is 12.7. The van der Waals surface area contributed by atoms with E-state index in [0.717, 1.165) is 58.3 Å². The molecular formula is C21H36N2O3. The van der Waals surface area contributed by atoms with Gasteiger partial charge in [0.25, 0.3) is 0 Å². The highest BCUT2D eigenvalue weighted by atomic mass is 16.5. The molecule has 2 amide bonds. The highest BCUT2D eigenvalue weighted by Crippen LogP contribution is 2.28. The normalized spacial score (nSPS) is 24.0. The van der Waals surface area contributed by atoms with Gasteiger partial charge in [-0.25, -0.2) is 0 Å². The number of likely N-dealkylation sites (tertiary alicyclic amines) is 2. The number of hydrogen-bond acceptors (Lipinski definition) is 3. The second kappa shape index (κ2) is 9.72. The Morgan fingerprint density at radius 3 is 1.77 bits per heavy atom. The van der Waals surface area contributed by atoms with Crippen LogP contribution in [0.2, 0.25) is 0 Å². The SMILES string of the molecule is CCC(=O)N1CCC(OC2CCN(C(=O)CC3CCCCC3)CC2)CC1. The summed E-state index contributed by atoms with van der Waals surface area (Å²) in [6.07, 6.45) is 12.2. The summed E-state index contributed by atoms with van der Waals surface area (Å²) in [6, 6.07) is 0. The van der Waals surface area contributed by atoms with Crippen molar-refractivity contribution in [1.29, 1.82) is 0 Å². The van der Waals surface area contributed by atoms with Crippen LogP contribution in [0.5, 0.6) is 0 Å². The molecule has 0 atom stereocenters. The van der Waals surface area contributed by atoms with Gasteiger partial charge in [0.05, 0.1) is 12.2 Å². The first-order valence-corrected chi connectivity index (χ1v) is 10.9. The van der Waals surface area contributed by atoms with Crippen molar-refractivity contribution >= 4 is 11.8 Å². The molecule has 3 aliphatic rings. The van der Waals surface area contributed by atoms with E-state index < -0.39 is 0 Å². The minimum atomic E-state index is 0.258. The van der Waals surface area contributed by atoms with E-state index in [0.29, 0.717) is 18.2 Å².